The van der Waals surface area contributed by atoms with E-state index in [2.05, 4.69) is 0 Å². The van der Waals surface area contributed by atoms with Crippen LogP contribution in [0.4, 0.5) is 0 Å². The molecule has 0 aliphatic carbocycles. The van der Waals surface area contributed by atoms with Crippen molar-refractivity contribution in [2.24, 2.45) is 0 Å². The number of aryl methyl sites for hydroxylation is 2. The highest BCUT2D eigenvalue weighted by atomic mass is 32.2. The molecular formula is C54H54O8S2. The molecule has 0 saturated heterocycles. The number of aliphatic hydroxyl groups excluding tert-OH is 1. The van der Waals surface area contributed by atoms with E-state index in [-0.39, 0.29) is 9.79 Å². The summed E-state index contributed by atoms with van der Waals surface area (Å²) in [6, 6.07) is 41.5. The van der Waals surface area contributed by atoms with Crippen LogP contribution in [0.25, 0.3) is 24.3 Å². The highest BCUT2D eigenvalue weighted by molar-refractivity contribution is 7.87. The second-order valence-corrected chi connectivity index (χ2v) is 18.1. The first-order valence-corrected chi connectivity index (χ1v) is 23.6. The van der Waals surface area contributed by atoms with Crippen LogP contribution >= 0.6 is 0 Å². The van der Waals surface area contributed by atoms with Crippen molar-refractivity contribution in [3.63, 3.8) is 0 Å². The number of carbonyl (C=O) groups is 1. The third-order valence-corrected chi connectivity index (χ3v) is 12.6. The van der Waals surface area contributed by atoms with Gasteiger partial charge >= 0.3 is 0 Å². The lowest BCUT2D eigenvalue weighted by molar-refractivity contribution is 0.0385. The molecule has 0 aliphatic heterocycles. The molecule has 0 aliphatic rings. The zero-order valence-corrected chi connectivity index (χ0v) is 38.5. The summed E-state index contributed by atoms with van der Waals surface area (Å²) in [7, 11) is -8.26. The molecule has 8 nitrogen and oxygen atoms in total. The van der Waals surface area contributed by atoms with Crippen LogP contribution in [0.3, 0.4) is 0 Å². The Labute approximate surface area is 378 Å². The molecule has 1 N–H and O–H groups in total. The average Bonchev–Trinajstić information content (AvgIpc) is 3.29. The Kier molecular flexibility index (Phi) is 17.4. The molecule has 3 atom stereocenters. The van der Waals surface area contributed by atoms with E-state index < -0.39 is 44.3 Å². The molecule has 3 unspecified atom stereocenters. The maximum Gasteiger partial charge on any atom is 0.298 e. The Hall–Kier alpha value is -6.27. The monoisotopic (exact) mass is 894 g/mol. The number of carbonyl (C=O) groups excluding carboxylic acids is 1. The van der Waals surface area contributed by atoms with Crippen molar-refractivity contribution < 1.29 is 35.1 Å². The fourth-order valence-electron chi connectivity index (χ4n) is 6.56. The number of rotatable bonds is 16. The van der Waals surface area contributed by atoms with Crippen LogP contribution < -0.4 is 0 Å². The van der Waals surface area contributed by atoms with Gasteiger partial charge in [0.25, 0.3) is 20.2 Å². The summed E-state index contributed by atoms with van der Waals surface area (Å²) in [5.41, 5.74) is 7.71. The van der Waals surface area contributed by atoms with Gasteiger partial charge in [0.15, 0.2) is 11.9 Å². The molecule has 64 heavy (non-hydrogen) atoms. The first-order valence-electron chi connectivity index (χ1n) is 20.8. The van der Waals surface area contributed by atoms with Crippen LogP contribution in [0, 0.1) is 13.8 Å². The molecular weight excluding hydrogens is 841 g/mol. The van der Waals surface area contributed by atoms with Gasteiger partial charge in [-0.15, -0.1) is 0 Å². The third-order valence-electron chi connectivity index (χ3n) is 10.0. The van der Waals surface area contributed by atoms with Crippen molar-refractivity contribution in [2.75, 3.05) is 0 Å². The molecule has 0 saturated carbocycles. The minimum Gasteiger partial charge on any atom is -0.385 e. The summed E-state index contributed by atoms with van der Waals surface area (Å²) in [5, 5.41) is 11.2. The van der Waals surface area contributed by atoms with Crippen LogP contribution in [0.2, 0.25) is 0 Å². The van der Waals surface area contributed by atoms with E-state index in [0.29, 0.717) is 22.3 Å². The van der Waals surface area contributed by atoms with E-state index in [9.17, 15) is 26.7 Å². The molecule has 6 rings (SSSR count). The van der Waals surface area contributed by atoms with Crippen LogP contribution in [-0.2, 0) is 28.6 Å². The predicted octanol–water partition coefficient (Wildman–Crippen LogP) is 12.6. The van der Waals surface area contributed by atoms with Crippen LogP contribution in [0.1, 0.15) is 106 Å². The number of benzene rings is 6. The van der Waals surface area contributed by atoms with E-state index in [0.717, 1.165) is 33.4 Å². The number of ketones is 1. The molecule has 6 aromatic rings. The minimum absolute atomic E-state index is 0.00914. The van der Waals surface area contributed by atoms with Crippen molar-refractivity contribution in [1.82, 2.24) is 0 Å². The second kappa shape index (κ2) is 22.9. The Morgan fingerprint density at radius 2 is 0.781 bits per heavy atom. The Balaban J connectivity index is 0.000000241. The summed E-state index contributed by atoms with van der Waals surface area (Å²) >= 11 is 0. The van der Waals surface area contributed by atoms with Gasteiger partial charge in [0.2, 0.25) is 0 Å². The zero-order chi connectivity index (χ0) is 46.3. The van der Waals surface area contributed by atoms with Gasteiger partial charge in [-0.1, -0.05) is 181 Å². The molecule has 0 spiro atoms. The van der Waals surface area contributed by atoms with Gasteiger partial charge in [0.1, 0.15) is 12.2 Å². The van der Waals surface area contributed by atoms with Crippen LogP contribution in [0.5, 0.6) is 0 Å². The molecule has 0 heterocycles. The lowest BCUT2D eigenvalue weighted by atomic mass is 9.97. The van der Waals surface area contributed by atoms with Gasteiger partial charge in [-0.2, -0.15) is 16.8 Å². The van der Waals surface area contributed by atoms with Crippen molar-refractivity contribution in [3.05, 3.63) is 226 Å². The zero-order valence-electron chi connectivity index (χ0n) is 36.8. The largest absolute Gasteiger partial charge is 0.385 e. The number of hydrogen-bond donors (Lipinski definition) is 1. The number of aliphatic hydroxyl groups is 1. The molecule has 0 radical (unpaired) electrons. The summed E-state index contributed by atoms with van der Waals surface area (Å²) in [5.74, 6) is -0.425. The lowest BCUT2D eigenvalue weighted by Gasteiger charge is -2.24. The average molecular weight is 895 g/mol. The maximum atomic E-state index is 13.4. The fraction of sp³-hybridized carbons (Fsp3) is 0.167. The van der Waals surface area contributed by atoms with E-state index >= 15 is 0 Å². The first kappa shape index (κ1) is 48.8. The number of Topliss-reactive ketones (excluding diaryl/α,β-unsaturated/α-hetero) is 1. The molecule has 330 valence electrons. The topological polar surface area (TPSA) is 124 Å². The summed E-state index contributed by atoms with van der Waals surface area (Å²) in [6.45, 7) is 11.4. The Morgan fingerprint density at radius 1 is 0.453 bits per heavy atom. The fourth-order valence-corrected chi connectivity index (χ4v) is 8.66. The first-order chi connectivity index (χ1) is 30.7. The smallest absolute Gasteiger partial charge is 0.298 e. The van der Waals surface area contributed by atoms with Gasteiger partial charge in [-0.3, -0.25) is 8.98 Å². The van der Waals surface area contributed by atoms with E-state index in [4.69, 9.17) is 8.37 Å². The Bertz CT molecular complexity index is 2790. The van der Waals surface area contributed by atoms with Gasteiger partial charge in [-0.25, -0.2) is 4.18 Å². The highest BCUT2D eigenvalue weighted by Crippen LogP contribution is 2.36. The molecule has 0 aromatic heterocycles. The minimum atomic E-state index is -4.16. The van der Waals surface area contributed by atoms with Crippen molar-refractivity contribution in [1.29, 1.82) is 0 Å². The third kappa shape index (κ3) is 13.4. The second-order valence-electron chi connectivity index (χ2n) is 15.0. The van der Waals surface area contributed by atoms with Crippen molar-refractivity contribution in [2.45, 2.75) is 69.6 Å². The molecule has 6 aromatic carbocycles. The predicted molar refractivity (Wildman–Crippen MR) is 258 cm³/mol. The lowest BCUT2D eigenvalue weighted by Crippen LogP contribution is -2.20. The number of hydrogen-bond acceptors (Lipinski definition) is 8. The van der Waals surface area contributed by atoms with Crippen molar-refractivity contribution in [3.8, 4) is 0 Å². The molecule has 0 bridgehead atoms. The summed E-state index contributed by atoms with van der Waals surface area (Å²) < 4.78 is 63.2. The van der Waals surface area contributed by atoms with Gasteiger partial charge in [0, 0.05) is 5.56 Å². The molecule has 0 amide bonds. The summed E-state index contributed by atoms with van der Waals surface area (Å²) in [6.07, 6.45) is 11.8. The Morgan fingerprint density at radius 3 is 1.16 bits per heavy atom. The van der Waals surface area contributed by atoms with Crippen LogP contribution in [-0.4, -0.2) is 27.7 Å². The van der Waals surface area contributed by atoms with Gasteiger partial charge in [0.05, 0.1) is 9.79 Å². The van der Waals surface area contributed by atoms with Gasteiger partial charge < -0.3 is 5.11 Å². The van der Waals surface area contributed by atoms with E-state index in [1.165, 1.54) is 24.3 Å². The molecule has 10 heteroatoms. The highest BCUT2D eigenvalue weighted by Gasteiger charge is 2.32. The maximum absolute atomic E-state index is 13.4. The molecule has 0 fully saturated rings. The van der Waals surface area contributed by atoms with Crippen molar-refractivity contribution >= 4 is 50.3 Å². The standard InChI is InChI=1S/C27H28O4S.C27H26O4S/c2*1-4-6-21-10-14-23(15-11-21)26(28)27(24-16-12-22(7-5-2)13-17-24)31-32(29,30)25-18-8-20(3)9-19-25/h4-19,26-28H,1-3H3;4-19,27H,1-3H3/b2*6-4+,7-5+. The SMILES string of the molecule is C/C=C/c1ccc(C(=O)C(OS(=O)(=O)c2ccc(C)cc2)c2ccc(/C=C/C)cc2)cc1.C/C=C/c1ccc(C(O)C(OS(=O)(=O)c2ccc(C)cc2)c2ccc(/C=C/C)cc2)cc1. The summed E-state index contributed by atoms with van der Waals surface area (Å²) in [4.78, 5) is 13.4. The normalized spacial score (nSPS) is 13.5. The van der Waals surface area contributed by atoms with E-state index in [1.807, 2.05) is 139 Å². The van der Waals surface area contributed by atoms with Crippen LogP contribution in [0.15, 0.2) is 180 Å². The number of allylic oxidation sites excluding steroid dienone is 4. The quantitative estimate of drug-likeness (QED) is 0.0752. The van der Waals surface area contributed by atoms with E-state index in [1.54, 1.807) is 72.8 Å². The van der Waals surface area contributed by atoms with Gasteiger partial charge in [-0.05, 0) is 105 Å².